The van der Waals surface area contributed by atoms with E-state index in [1.807, 2.05) is 0 Å². The van der Waals surface area contributed by atoms with E-state index in [2.05, 4.69) is 20.7 Å². The lowest BCUT2D eigenvalue weighted by atomic mass is 10.2. The molecule has 22 heavy (non-hydrogen) atoms. The Bertz CT molecular complexity index is 855. The summed E-state index contributed by atoms with van der Waals surface area (Å²) < 4.78 is 27.7. The van der Waals surface area contributed by atoms with Gasteiger partial charge in [0.25, 0.3) is 15.7 Å². The van der Waals surface area contributed by atoms with Gasteiger partial charge in [-0.05, 0) is 41.1 Å². The van der Waals surface area contributed by atoms with Crippen LogP contribution in [0, 0.1) is 17.0 Å². The van der Waals surface area contributed by atoms with Gasteiger partial charge in [-0.1, -0.05) is 23.7 Å². The molecule has 0 aliphatic heterocycles. The SMILES string of the molecule is Cc1c(Cl)cc(S(=O)(=O)Nc2ccccc2Br)cc1[N+](=O)[O-]. The molecular formula is C13H10BrClN2O4S. The first-order chi connectivity index (χ1) is 10.2. The Morgan fingerprint density at radius 1 is 1.27 bits per heavy atom. The molecule has 0 unspecified atom stereocenters. The monoisotopic (exact) mass is 404 g/mol. The Kier molecular flexibility index (Phi) is 4.74. The molecule has 2 rings (SSSR count). The van der Waals surface area contributed by atoms with E-state index in [0.717, 1.165) is 6.07 Å². The number of nitro groups is 1. The number of para-hydroxylation sites is 1. The zero-order valence-electron chi connectivity index (χ0n) is 11.2. The van der Waals surface area contributed by atoms with Gasteiger partial charge in [-0.3, -0.25) is 14.8 Å². The lowest BCUT2D eigenvalue weighted by Crippen LogP contribution is -2.14. The van der Waals surface area contributed by atoms with Crippen LogP contribution in [0.15, 0.2) is 45.8 Å². The minimum atomic E-state index is -4.00. The first kappa shape index (κ1) is 16.7. The lowest BCUT2D eigenvalue weighted by molar-refractivity contribution is -0.385. The van der Waals surface area contributed by atoms with E-state index in [-0.39, 0.29) is 21.2 Å². The highest BCUT2D eigenvalue weighted by Crippen LogP contribution is 2.31. The number of halogens is 2. The molecule has 0 atom stereocenters. The van der Waals surface area contributed by atoms with Crippen molar-refractivity contribution in [3.8, 4) is 0 Å². The number of benzene rings is 2. The number of hydrogen-bond acceptors (Lipinski definition) is 4. The number of hydrogen-bond donors (Lipinski definition) is 1. The van der Waals surface area contributed by atoms with Gasteiger partial charge in [0, 0.05) is 16.1 Å². The van der Waals surface area contributed by atoms with Crippen LogP contribution in [0.4, 0.5) is 11.4 Å². The van der Waals surface area contributed by atoms with Gasteiger partial charge >= 0.3 is 0 Å². The third kappa shape index (κ3) is 3.40. The molecule has 116 valence electrons. The van der Waals surface area contributed by atoms with Crippen molar-refractivity contribution in [3.05, 3.63) is 61.6 Å². The molecule has 0 amide bonds. The second-order valence-electron chi connectivity index (χ2n) is 4.39. The predicted octanol–water partition coefficient (Wildman–Crippen LogP) is 4.12. The van der Waals surface area contributed by atoms with Crippen LogP contribution in [-0.2, 0) is 10.0 Å². The molecule has 6 nitrogen and oxygen atoms in total. The van der Waals surface area contributed by atoms with E-state index in [1.54, 1.807) is 24.3 Å². The van der Waals surface area contributed by atoms with Crippen LogP contribution in [-0.4, -0.2) is 13.3 Å². The van der Waals surface area contributed by atoms with Crippen LogP contribution >= 0.6 is 27.5 Å². The summed E-state index contributed by atoms with van der Waals surface area (Å²) in [5, 5.41) is 11.0. The van der Waals surface area contributed by atoms with Crippen LogP contribution < -0.4 is 4.72 Å². The van der Waals surface area contributed by atoms with E-state index in [0.29, 0.717) is 10.2 Å². The number of rotatable bonds is 4. The van der Waals surface area contributed by atoms with Crippen molar-refractivity contribution in [2.45, 2.75) is 11.8 Å². The van der Waals surface area contributed by atoms with Crippen molar-refractivity contribution < 1.29 is 13.3 Å². The molecule has 0 aliphatic rings. The van der Waals surface area contributed by atoms with Gasteiger partial charge in [0.15, 0.2) is 0 Å². The Morgan fingerprint density at radius 3 is 2.50 bits per heavy atom. The minimum Gasteiger partial charge on any atom is -0.278 e. The van der Waals surface area contributed by atoms with E-state index in [9.17, 15) is 18.5 Å². The fourth-order valence-electron chi connectivity index (χ4n) is 1.73. The van der Waals surface area contributed by atoms with Gasteiger partial charge in [0.1, 0.15) is 0 Å². The summed E-state index contributed by atoms with van der Waals surface area (Å²) >= 11 is 9.12. The smallest absolute Gasteiger partial charge is 0.275 e. The van der Waals surface area contributed by atoms with E-state index in [4.69, 9.17) is 11.6 Å². The quantitative estimate of drug-likeness (QED) is 0.612. The average molecular weight is 406 g/mol. The van der Waals surface area contributed by atoms with E-state index >= 15 is 0 Å². The second-order valence-corrected chi connectivity index (χ2v) is 7.34. The Labute approximate surface area is 140 Å². The molecule has 2 aromatic carbocycles. The van der Waals surface area contributed by atoms with Gasteiger partial charge in [0.05, 0.1) is 20.5 Å². The summed E-state index contributed by atoms with van der Waals surface area (Å²) in [5.41, 5.74) is 0.188. The molecule has 9 heteroatoms. The van der Waals surface area contributed by atoms with E-state index < -0.39 is 14.9 Å². The number of nitro benzene ring substituents is 1. The summed E-state index contributed by atoms with van der Waals surface area (Å²) in [5.74, 6) is 0. The number of anilines is 1. The number of sulfonamides is 1. The Hall–Kier alpha value is -1.64. The molecular weight excluding hydrogens is 396 g/mol. The van der Waals surface area contributed by atoms with Gasteiger partial charge in [0.2, 0.25) is 0 Å². The molecule has 0 aromatic heterocycles. The molecule has 1 N–H and O–H groups in total. The second kappa shape index (κ2) is 6.23. The Morgan fingerprint density at radius 2 is 1.91 bits per heavy atom. The zero-order valence-corrected chi connectivity index (χ0v) is 14.4. The summed E-state index contributed by atoms with van der Waals surface area (Å²) in [6.45, 7) is 1.46. The van der Waals surface area contributed by atoms with Gasteiger partial charge in [-0.25, -0.2) is 8.42 Å². The van der Waals surface area contributed by atoms with Gasteiger partial charge in [-0.15, -0.1) is 0 Å². The molecule has 0 spiro atoms. The topological polar surface area (TPSA) is 89.3 Å². The van der Waals surface area contributed by atoms with Crippen LogP contribution in [0.5, 0.6) is 0 Å². The van der Waals surface area contributed by atoms with Crippen molar-refractivity contribution in [2.24, 2.45) is 0 Å². The molecule has 0 bridgehead atoms. The normalized spacial score (nSPS) is 11.2. The highest BCUT2D eigenvalue weighted by Gasteiger charge is 2.23. The van der Waals surface area contributed by atoms with Gasteiger partial charge < -0.3 is 0 Å². The zero-order chi connectivity index (χ0) is 16.5. The van der Waals surface area contributed by atoms with Crippen molar-refractivity contribution in [1.29, 1.82) is 0 Å². The maximum Gasteiger partial charge on any atom is 0.275 e. The van der Waals surface area contributed by atoms with Crippen LogP contribution in [0.1, 0.15) is 5.56 Å². The van der Waals surface area contributed by atoms with Crippen LogP contribution in [0.2, 0.25) is 5.02 Å². The lowest BCUT2D eigenvalue weighted by Gasteiger charge is -2.10. The van der Waals surface area contributed by atoms with Gasteiger partial charge in [-0.2, -0.15) is 0 Å². The number of nitrogens with zero attached hydrogens (tertiary/aromatic N) is 1. The van der Waals surface area contributed by atoms with Crippen molar-refractivity contribution in [3.63, 3.8) is 0 Å². The summed E-state index contributed by atoms with van der Waals surface area (Å²) in [7, 11) is -4.00. The maximum absolute atomic E-state index is 12.4. The summed E-state index contributed by atoms with van der Waals surface area (Å²) in [4.78, 5) is 10.0. The van der Waals surface area contributed by atoms with Crippen molar-refractivity contribution in [1.82, 2.24) is 0 Å². The fraction of sp³-hybridized carbons (Fsp3) is 0.0769. The molecule has 0 aliphatic carbocycles. The molecule has 0 fully saturated rings. The molecule has 2 aromatic rings. The summed E-state index contributed by atoms with van der Waals surface area (Å²) in [6.07, 6.45) is 0. The molecule has 0 saturated heterocycles. The standard InChI is InChI=1S/C13H10BrClN2O4S/c1-8-11(15)6-9(7-13(8)17(18)19)22(20,21)16-12-5-3-2-4-10(12)14/h2-7,16H,1H3. The van der Waals surface area contributed by atoms with Crippen molar-refractivity contribution in [2.75, 3.05) is 4.72 Å². The molecule has 0 heterocycles. The molecule has 0 saturated carbocycles. The summed E-state index contributed by atoms with van der Waals surface area (Å²) in [6, 6.07) is 8.79. The first-order valence-electron chi connectivity index (χ1n) is 5.94. The highest BCUT2D eigenvalue weighted by molar-refractivity contribution is 9.10. The predicted molar refractivity (Wildman–Crippen MR) is 87.8 cm³/mol. The maximum atomic E-state index is 12.4. The van der Waals surface area contributed by atoms with Crippen molar-refractivity contribution >= 4 is 48.9 Å². The highest BCUT2D eigenvalue weighted by atomic mass is 79.9. The minimum absolute atomic E-state index is 0.0155. The molecule has 0 radical (unpaired) electrons. The van der Waals surface area contributed by atoms with E-state index in [1.165, 1.54) is 13.0 Å². The van der Waals surface area contributed by atoms with Crippen LogP contribution in [0.3, 0.4) is 0 Å². The fourth-order valence-corrected chi connectivity index (χ4v) is 3.65. The Balaban J connectivity index is 2.51. The first-order valence-corrected chi connectivity index (χ1v) is 8.59. The third-order valence-corrected chi connectivity index (χ3v) is 5.34. The van der Waals surface area contributed by atoms with Crippen LogP contribution in [0.25, 0.3) is 0 Å². The number of nitrogens with one attached hydrogen (secondary N) is 1. The third-order valence-electron chi connectivity index (χ3n) is 2.92. The largest absolute Gasteiger partial charge is 0.278 e. The average Bonchev–Trinajstić information content (AvgIpc) is 2.43.